The summed E-state index contributed by atoms with van der Waals surface area (Å²) in [6.45, 7) is 0.481. The Kier molecular flexibility index (Phi) is 3.36. The van der Waals surface area contributed by atoms with E-state index >= 15 is 0 Å². The molecule has 0 radical (unpaired) electrons. The number of nitrogen functional groups attached to an aromatic ring is 1. The van der Waals surface area contributed by atoms with Gasteiger partial charge >= 0.3 is 0 Å². The SMILES string of the molecule is COc1ccc(Cn2c(=O)ccc3ccccc32)cc1N. The molecule has 4 nitrogen and oxygen atoms in total. The number of methoxy groups -OCH3 is 1. The van der Waals surface area contributed by atoms with Crippen LogP contribution in [0.3, 0.4) is 0 Å². The summed E-state index contributed by atoms with van der Waals surface area (Å²) in [4.78, 5) is 12.2. The van der Waals surface area contributed by atoms with Gasteiger partial charge in [0.05, 0.1) is 24.9 Å². The molecule has 3 aromatic rings. The standard InChI is InChI=1S/C17H16N2O2/c1-21-16-8-6-12(10-14(16)18)11-19-15-5-3-2-4-13(15)7-9-17(19)20/h2-10H,11,18H2,1H3. The fourth-order valence-electron chi connectivity index (χ4n) is 2.47. The third-order valence-electron chi connectivity index (χ3n) is 3.53. The van der Waals surface area contributed by atoms with Crippen molar-refractivity contribution in [1.82, 2.24) is 4.57 Å². The highest BCUT2D eigenvalue weighted by molar-refractivity contribution is 5.78. The minimum absolute atomic E-state index is 0.0249. The Hall–Kier alpha value is -2.75. The van der Waals surface area contributed by atoms with Crippen LogP contribution in [0.1, 0.15) is 5.56 Å². The zero-order chi connectivity index (χ0) is 14.8. The third-order valence-corrected chi connectivity index (χ3v) is 3.53. The summed E-state index contributed by atoms with van der Waals surface area (Å²) >= 11 is 0. The molecule has 0 spiro atoms. The van der Waals surface area contributed by atoms with E-state index in [9.17, 15) is 4.79 Å². The van der Waals surface area contributed by atoms with Crippen molar-refractivity contribution < 1.29 is 4.74 Å². The molecule has 0 fully saturated rings. The Morgan fingerprint density at radius 1 is 1.10 bits per heavy atom. The lowest BCUT2D eigenvalue weighted by Crippen LogP contribution is -2.19. The van der Waals surface area contributed by atoms with Crippen LogP contribution in [0.15, 0.2) is 59.4 Å². The number of anilines is 1. The first-order valence-corrected chi connectivity index (χ1v) is 6.70. The summed E-state index contributed by atoms with van der Waals surface area (Å²) in [5, 5.41) is 1.04. The Morgan fingerprint density at radius 3 is 2.67 bits per heavy atom. The van der Waals surface area contributed by atoms with Crippen molar-refractivity contribution in [3.63, 3.8) is 0 Å². The van der Waals surface area contributed by atoms with E-state index in [1.54, 1.807) is 17.7 Å². The maximum atomic E-state index is 12.2. The van der Waals surface area contributed by atoms with Crippen LogP contribution in [0.5, 0.6) is 5.75 Å². The molecular weight excluding hydrogens is 264 g/mol. The van der Waals surface area contributed by atoms with Crippen LogP contribution in [-0.2, 0) is 6.54 Å². The first kappa shape index (κ1) is 13.2. The van der Waals surface area contributed by atoms with Gasteiger partial charge in [-0.3, -0.25) is 4.79 Å². The molecule has 2 aromatic carbocycles. The van der Waals surface area contributed by atoms with E-state index in [-0.39, 0.29) is 5.56 Å². The van der Waals surface area contributed by atoms with Gasteiger partial charge in [-0.05, 0) is 35.2 Å². The highest BCUT2D eigenvalue weighted by Gasteiger charge is 2.05. The molecule has 3 rings (SSSR count). The first-order valence-electron chi connectivity index (χ1n) is 6.70. The van der Waals surface area contributed by atoms with Crippen molar-refractivity contribution in [2.45, 2.75) is 6.54 Å². The molecule has 21 heavy (non-hydrogen) atoms. The summed E-state index contributed by atoms with van der Waals surface area (Å²) in [6, 6.07) is 16.9. The molecule has 0 aliphatic rings. The van der Waals surface area contributed by atoms with E-state index in [0.717, 1.165) is 16.5 Å². The zero-order valence-electron chi connectivity index (χ0n) is 11.7. The monoisotopic (exact) mass is 280 g/mol. The summed E-state index contributed by atoms with van der Waals surface area (Å²) in [7, 11) is 1.58. The average molecular weight is 280 g/mol. The lowest BCUT2D eigenvalue weighted by molar-refractivity contribution is 0.417. The van der Waals surface area contributed by atoms with Crippen molar-refractivity contribution in [2.24, 2.45) is 0 Å². The van der Waals surface area contributed by atoms with Crippen molar-refractivity contribution in [3.05, 3.63) is 70.5 Å². The summed E-state index contributed by atoms with van der Waals surface area (Å²) in [5.74, 6) is 0.643. The van der Waals surface area contributed by atoms with Crippen molar-refractivity contribution in [3.8, 4) is 5.75 Å². The molecule has 1 heterocycles. The molecule has 4 heteroatoms. The van der Waals surface area contributed by atoms with Crippen LogP contribution in [0, 0.1) is 0 Å². The van der Waals surface area contributed by atoms with Gasteiger partial charge in [0.25, 0.3) is 5.56 Å². The Balaban J connectivity index is 2.07. The number of aromatic nitrogens is 1. The molecule has 0 saturated heterocycles. The number of hydrogen-bond donors (Lipinski definition) is 1. The van der Waals surface area contributed by atoms with Crippen LogP contribution >= 0.6 is 0 Å². The van der Waals surface area contributed by atoms with Gasteiger partial charge in [0.2, 0.25) is 0 Å². The van der Waals surface area contributed by atoms with E-state index < -0.39 is 0 Å². The largest absolute Gasteiger partial charge is 0.495 e. The molecule has 0 amide bonds. The fraction of sp³-hybridized carbons (Fsp3) is 0.118. The van der Waals surface area contributed by atoms with E-state index in [2.05, 4.69) is 0 Å². The number of fused-ring (bicyclic) bond motifs is 1. The Bertz CT molecular complexity index is 853. The van der Waals surface area contributed by atoms with Gasteiger partial charge in [-0.1, -0.05) is 24.3 Å². The van der Waals surface area contributed by atoms with Crippen LogP contribution in [-0.4, -0.2) is 11.7 Å². The number of rotatable bonds is 3. The molecule has 0 aliphatic heterocycles. The highest BCUT2D eigenvalue weighted by Crippen LogP contribution is 2.22. The van der Waals surface area contributed by atoms with Gasteiger partial charge in [-0.15, -0.1) is 0 Å². The van der Waals surface area contributed by atoms with Gasteiger partial charge < -0.3 is 15.0 Å². The molecular formula is C17H16N2O2. The quantitative estimate of drug-likeness (QED) is 0.750. The molecule has 0 atom stereocenters. The summed E-state index contributed by atoms with van der Waals surface area (Å²) < 4.78 is 6.90. The molecule has 2 N–H and O–H groups in total. The molecule has 0 bridgehead atoms. The number of para-hydroxylation sites is 1. The molecule has 0 unspecified atom stereocenters. The fourth-order valence-corrected chi connectivity index (χ4v) is 2.47. The van der Waals surface area contributed by atoms with Gasteiger partial charge in [0.15, 0.2) is 0 Å². The van der Waals surface area contributed by atoms with Gasteiger partial charge in [0.1, 0.15) is 5.75 Å². The van der Waals surface area contributed by atoms with E-state index in [0.29, 0.717) is 18.0 Å². The minimum Gasteiger partial charge on any atom is -0.495 e. The number of pyridine rings is 1. The Morgan fingerprint density at radius 2 is 1.90 bits per heavy atom. The van der Waals surface area contributed by atoms with Gasteiger partial charge in [-0.25, -0.2) is 0 Å². The number of hydrogen-bond acceptors (Lipinski definition) is 3. The predicted molar refractivity (Wildman–Crippen MR) is 84.7 cm³/mol. The van der Waals surface area contributed by atoms with E-state index in [4.69, 9.17) is 10.5 Å². The van der Waals surface area contributed by atoms with Crippen LogP contribution in [0.2, 0.25) is 0 Å². The maximum Gasteiger partial charge on any atom is 0.251 e. The lowest BCUT2D eigenvalue weighted by atomic mass is 10.1. The smallest absolute Gasteiger partial charge is 0.251 e. The number of nitrogens with zero attached hydrogens (tertiary/aromatic N) is 1. The molecule has 1 aromatic heterocycles. The van der Waals surface area contributed by atoms with Crippen LogP contribution < -0.4 is 16.0 Å². The third kappa shape index (κ3) is 2.48. The van der Waals surface area contributed by atoms with Crippen LogP contribution in [0.4, 0.5) is 5.69 Å². The highest BCUT2D eigenvalue weighted by atomic mass is 16.5. The topological polar surface area (TPSA) is 57.2 Å². The number of benzene rings is 2. The first-order chi connectivity index (χ1) is 10.2. The zero-order valence-corrected chi connectivity index (χ0v) is 11.7. The van der Waals surface area contributed by atoms with Crippen LogP contribution in [0.25, 0.3) is 10.9 Å². The number of nitrogens with two attached hydrogens (primary N) is 1. The van der Waals surface area contributed by atoms with Crippen molar-refractivity contribution in [1.29, 1.82) is 0 Å². The van der Waals surface area contributed by atoms with Gasteiger partial charge in [0, 0.05) is 6.07 Å². The second kappa shape index (κ2) is 5.32. The van der Waals surface area contributed by atoms with E-state index in [1.807, 2.05) is 48.5 Å². The summed E-state index contributed by atoms with van der Waals surface area (Å²) in [5.41, 5.74) is 8.35. The van der Waals surface area contributed by atoms with E-state index in [1.165, 1.54) is 0 Å². The predicted octanol–water partition coefficient (Wildman–Crippen LogP) is 2.64. The van der Waals surface area contributed by atoms with Crippen molar-refractivity contribution in [2.75, 3.05) is 12.8 Å². The molecule has 106 valence electrons. The second-order valence-electron chi connectivity index (χ2n) is 4.89. The molecule has 0 aliphatic carbocycles. The molecule has 0 saturated carbocycles. The normalized spacial score (nSPS) is 10.7. The minimum atomic E-state index is -0.0249. The Labute approximate surface area is 122 Å². The average Bonchev–Trinajstić information content (AvgIpc) is 2.50. The van der Waals surface area contributed by atoms with Crippen molar-refractivity contribution >= 4 is 16.6 Å². The number of ether oxygens (including phenoxy) is 1. The summed E-state index contributed by atoms with van der Waals surface area (Å²) in [6.07, 6.45) is 0. The maximum absolute atomic E-state index is 12.2. The lowest BCUT2D eigenvalue weighted by Gasteiger charge is -2.11. The second-order valence-corrected chi connectivity index (χ2v) is 4.89. The van der Waals surface area contributed by atoms with Gasteiger partial charge in [-0.2, -0.15) is 0 Å².